The molecule has 2 saturated carbocycles. The van der Waals surface area contributed by atoms with Crippen LogP contribution < -0.4 is 5.48 Å². The highest BCUT2D eigenvalue weighted by Crippen LogP contribution is 2.67. The number of carbonyl (C=O) groups excluding carboxylic acids is 1. The van der Waals surface area contributed by atoms with Gasteiger partial charge in [-0.3, -0.25) is 10.3 Å². The Labute approximate surface area is 163 Å². The van der Waals surface area contributed by atoms with E-state index in [-0.39, 0.29) is 29.5 Å². The molecular weight excluding hydrogens is 363 g/mol. The number of halogens is 1. The summed E-state index contributed by atoms with van der Waals surface area (Å²) in [5.74, 6) is -0.850. The number of likely N-dealkylation sites (tertiary alicyclic amines) is 1. The Morgan fingerprint density at radius 1 is 1.36 bits per heavy atom. The molecule has 2 aliphatic carbocycles. The summed E-state index contributed by atoms with van der Waals surface area (Å²) in [7, 11) is 0. The van der Waals surface area contributed by atoms with Gasteiger partial charge < -0.3 is 14.6 Å². The molecule has 150 valence electrons. The predicted molar refractivity (Wildman–Crippen MR) is 99.2 cm³/mol. The molecule has 6 nitrogen and oxygen atoms in total. The fourth-order valence-electron chi connectivity index (χ4n) is 5.77. The molecule has 1 saturated heterocycles. The highest BCUT2D eigenvalue weighted by atomic mass is 19.1. The summed E-state index contributed by atoms with van der Waals surface area (Å²) in [5.41, 5.74) is 4.43. The first-order chi connectivity index (χ1) is 13.5. The molecule has 1 aromatic carbocycles. The van der Waals surface area contributed by atoms with Gasteiger partial charge in [0.25, 0.3) is 5.72 Å². The van der Waals surface area contributed by atoms with E-state index >= 15 is 0 Å². The van der Waals surface area contributed by atoms with E-state index in [4.69, 9.17) is 9.57 Å². The SMILES string of the molecule is CCOC(=O)C1C2CCC3=C(c4ccc(F)cc4)NOC3([N+]3([O-])CCCC3)C21. The Hall–Kier alpha value is -1.96. The van der Waals surface area contributed by atoms with E-state index in [1.165, 1.54) is 12.1 Å². The van der Waals surface area contributed by atoms with Gasteiger partial charge in [0.15, 0.2) is 0 Å². The van der Waals surface area contributed by atoms with Gasteiger partial charge in [-0.2, -0.15) is 0 Å². The lowest BCUT2D eigenvalue weighted by Gasteiger charge is -2.53. The van der Waals surface area contributed by atoms with Crippen LogP contribution in [0.4, 0.5) is 4.39 Å². The fourth-order valence-corrected chi connectivity index (χ4v) is 5.77. The van der Waals surface area contributed by atoms with Gasteiger partial charge in [-0.1, -0.05) is 0 Å². The first-order valence-electron chi connectivity index (χ1n) is 10.2. The number of ether oxygens (including phenoxy) is 1. The molecule has 0 radical (unpaired) electrons. The van der Waals surface area contributed by atoms with Crippen LogP contribution in [0.5, 0.6) is 0 Å². The summed E-state index contributed by atoms with van der Waals surface area (Å²) in [6.45, 7) is 3.11. The van der Waals surface area contributed by atoms with Crippen LogP contribution in [0, 0.1) is 28.8 Å². The molecule has 7 heteroatoms. The zero-order valence-electron chi connectivity index (χ0n) is 15.9. The number of hydroxylamine groups is 4. The van der Waals surface area contributed by atoms with Crippen molar-refractivity contribution < 1.29 is 23.4 Å². The monoisotopic (exact) mass is 388 g/mol. The number of nitrogens with one attached hydrogen (secondary N) is 1. The standard InChI is InChI=1S/C21H25FN2O4/c1-2-27-20(25)17-15-9-10-16-19(13-5-7-14(22)8-6-13)23-28-21(16,18(15)17)24(26)11-3-4-12-24/h5-8,15,17-18,23H,2-4,9-12H2,1H3. The Kier molecular flexibility index (Phi) is 4.05. The lowest BCUT2D eigenvalue weighted by molar-refractivity contribution is -0.946. The minimum absolute atomic E-state index is 0.127. The maximum absolute atomic E-state index is 14.0. The van der Waals surface area contributed by atoms with Crippen LogP contribution in [0.2, 0.25) is 0 Å². The highest BCUT2D eigenvalue weighted by Gasteiger charge is 2.77. The first kappa shape index (κ1) is 18.1. The topological polar surface area (TPSA) is 70.6 Å². The number of carbonyl (C=O) groups is 1. The van der Waals surface area contributed by atoms with E-state index in [1.54, 1.807) is 19.1 Å². The van der Waals surface area contributed by atoms with Crippen LogP contribution in [0.1, 0.15) is 38.2 Å². The Balaban J connectivity index is 1.60. The number of benzene rings is 1. The smallest absolute Gasteiger partial charge is 0.309 e. The number of nitrogens with zero attached hydrogens (tertiary/aromatic N) is 1. The number of esters is 1. The van der Waals surface area contributed by atoms with Crippen LogP contribution in [0.25, 0.3) is 5.70 Å². The fraction of sp³-hybridized carbons (Fsp3) is 0.571. The summed E-state index contributed by atoms with van der Waals surface area (Å²) in [6.07, 6.45) is 3.24. The molecule has 1 aromatic rings. The number of hydrogen-bond donors (Lipinski definition) is 1. The van der Waals surface area contributed by atoms with E-state index < -0.39 is 10.4 Å². The van der Waals surface area contributed by atoms with Gasteiger partial charge in [-0.05, 0) is 49.9 Å². The van der Waals surface area contributed by atoms with E-state index in [0.717, 1.165) is 36.1 Å². The molecular formula is C21H25FN2O4. The van der Waals surface area contributed by atoms with Gasteiger partial charge in [-0.25, -0.2) is 9.23 Å². The van der Waals surface area contributed by atoms with Crippen molar-refractivity contribution in [1.82, 2.24) is 5.48 Å². The Morgan fingerprint density at radius 3 is 2.75 bits per heavy atom. The largest absolute Gasteiger partial charge is 0.630 e. The molecule has 4 unspecified atom stereocenters. The van der Waals surface area contributed by atoms with Crippen LogP contribution in [-0.4, -0.2) is 36.0 Å². The van der Waals surface area contributed by atoms with Gasteiger partial charge >= 0.3 is 5.97 Å². The second-order valence-electron chi connectivity index (χ2n) is 8.31. The summed E-state index contributed by atoms with van der Waals surface area (Å²) in [6, 6.07) is 6.22. The zero-order valence-corrected chi connectivity index (χ0v) is 15.9. The quantitative estimate of drug-likeness (QED) is 0.488. The van der Waals surface area contributed by atoms with Crippen LogP contribution in [0.3, 0.4) is 0 Å². The molecule has 3 fully saturated rings. The van der Waals surface area contributed by atoms with Crippen molar-refractivity contribution in [3.8, 4) is 0 Å². The highest BCUT2D eigenvalue weighted by molar-refractivity contribution is 5.79. The maximum atomic E-state index is 14.0. The third-order valence-corrected chi connectivity index (χ3v) is 6.98. The normalized spacial score (nSPS) is 35.2. The maximum Gasteiger partial charge on any atom is 0.309 e. The lowest BCUT2D eigenvalue weighted by atomic mass is 9.83. The van der Waals surface area contributed by atoms with Crippen molar-refractivity contribution in [3.05, 3.63) is 46.4 Å². The number of fused-ring (bicyclic) bond motifs is 3. The van der Waals surface area contributed by atoms with Gasteiger partial charge in [0.05, 0.1) is 37.2 Å². The number of rotatable bonds is 4. The van der Waals surface area contributed by atoms with Crippen molar-refractivity contribution in [2.45, 2.75) is 38.3 Å². The van der Waals surface area contributed by atoms with Gasteiger partial charge in [0, 0.05) is 24.0 Å². The molecule has 0 amide bonds. The molecule has 0 aromatic heterocycles. The molecule has 0 spiro atoms. The van der Waals surface area contributed by atoms with Gasteiger partial charge in [-0.15, -0.1) is 0 Å². The summed E-state index contributed by atoms with van der Waals surface area (Å²) in [5, 5.41) is 14.0. The molecule has 4 atom stereocenters. The molecule has 2 aliphatic heterocycles. The molecule has 2 heterocycles. The average Bonchev–Trinajstić information content (AvgIpc) is 3.04. The molecule has 0 bridgehead atoms. The van der Waals surface area contributed by atoms with Crippen LogP contribution in [0.15, 0.2) is 29.8 Å². The molecule has 5 rings (SSSR count). The second-order valence-corrected chi connectivity index (χ2v) is 8.31. The average molecular weight is 388 g/mol. The molecule has 28 heavy (non-hydrogen) atoms. The van der Waals surface area contributed by atoms with Crippen molar-refractivity contribution in [2.24, 2.45) is 17.8 Å². The summed E-state index contributed by atoms with van der Waals surface area (Å²) >= 11 is 0. The minimum atomic E-state index is -1.08. The summed E-state index contributed by atoms with van der Waals surface area (Å²) in [4.78, 5) is 18.7. The Bertz CT molecular complexity index is 833. The van der Waals surface area contributed by atoms with E-state index in [9.17, 15) is 14.4 Å². The third kappa shape index (κ3) is 2.33. The van der Waals surface area contributed by atoms with Crippen molar-refractivity contribution in [2.75, 3.05) is 19.7 Å². The van der Waals surface area contributed by atoms with Crippen molar-refractivity contribution in [3.63, 3.8) is 0 Å². The van der Waals surface area contributed by atoms with Crippen molar-refractivity contribution in [1.29, 1.82) is 0 Å². The van der Waals surface area contributed by atoms with Gasteiger partial charge in [0.1, 0.15) is 5.82 Å². The second kappa shape index (κ2) is 6.27. The van der Waals surface area contributed by atoms with Crippen molar-refractivity contribution >= 4 is 11.7 Å². The number of hydrogen-bond acceptors (Lipinski definition) is 5. The predicted octanol–water partition coefficient (Wildman–Crippen LogP) is 3.10. The Morgan fingerprint density at radius 2 is 2.07 bits per heavy atom. The molecule has 4 aliphatic rings. The number of quaternary nitrogens is 1. The molecule has 1 N–H and O–H groups in total. The van der Waals surface area contributed by atoms with Gasteiger partial charge in [0.2, 0.25) is 0 Å². The zero-order chi connectivity index (χ0) is 19.5. The first-order valence-corrected chi connectivity index (χ1v) is 10.2. The van der Waals surface area contributed by atoms with Crippen LogP contribution >= 0.6 is 0 Å². The van der Waals surface area contributed by atoms with E-state index in [2.05, 4.69) is 5.48 Å². The van der Waals surface area contributed by atoms with E-state index in [0.29, 0.717) is 26.1 Å². The lowest BCUT2D eigenvalue weighted by Crippen LogP contribution is -2.64. The minimum Gasteiger partial charge on any atom is -0.630 e. The van der Waals surface area contributed by atoms with Crippen LogP contribution in [-0.2, 0) is 14.4 Å². The third-order valence-electron chi connectivity index (χ3n) is 6.98. The summed E-state index contributed by atoms with van der Waals surface area (Å²) < 4.78 is 18.2. The van der Waals surface area contributed by atoms with E-state index in [1.807, 2.05) is 0 Å².